The van der Waals surface area contributed by atoms with Gasteiger partial charge >= 0.3 is 11.8 Å². The maximum atomic E-state index is 12.2. The Labute approximate surface area is 164 Å². The van der Waals surface area contributed by atoms with Gasteiger partial charge < -0.3 is 20.0 Å². The minimum absolute atomic E-state index is 0.0190. The normalized spacial score (nSPS) is 16.5. The maximum Gasteiger partial charge on any atom is 0.309 e. The third-order valence-corrected chi connectivity index (χ3v) is 5.03. The summed E-state index contributed by atoms with van der Waals surface area (Å²) < 4.78 is 5.15. The van der Waals surface area contributed by atoms with Gasteiger partial charge in [0.05, 0.1) is 18.8 Å². The smallest absolute Gasteiger partial charge is 0.309 e. The molecule has 0 aliphatic carbocycles. The zero-order chi connectivity index (χ0) is 19.8. The molecule has 150 valence electrons. The Hall–Kier alpha value is -2.71. The van der Waals surface area contributed by atoms with Gasteiger partial charge in [-0.2, -0.15) is 0 Å². The number of hydrogen-bond donors (Lipinski definition) is 2. The van der Waals surface area contributed by atoms with E-state index in [1.54, 1.807) is 18.3 Å². The van der Waals surface area contributed by atoms with Crippen LogP contribution in [0.1, 0.15) is 24.3 Å². The van der Waals surface area contributed by atoms with Crippen LogP contribution < -0.4 is 10.6 Å². The number of carbonyl (C=O) groups excluding carboxylic acids is 2. The van der Waals surface area contributed by atoms with Crippen molar-refractivity contribution in [2.45, 2.75) is 19.5 Å². The second kappa shape index (κ2) is 10.0. The Bertz CT molecular complexity index is 742. The molecular formula is C20H27N5O3. The fourth-order valence-electron chi connectivity index (χ4n) is 3.35. The second-order valence-corrected chi connectivity index (χ2v) is 6.74. The number of piperazine rings is 1. The summed E-state index contributed by atoms with van der Waals surface area (Å²) in [7, 11) is 0. The molecule has 2 amide bonds. The monoisotopic (exact) mass is 385 g/mol. The summed E-state index contributed by atoms with van der Waals surface area (Å²) in [5.41, 5.74) is 1.03. The van der Waals surface area contributed by atoms with Gasteiger partial charge in [-0.3, -0.25) is 19.5 Å². The van der Waals surface area contributed by atoms with E-state index in [0.29, 0.717) is 12.3 Å². The summed E-state index contributed by atoms with van der Waals surface area (Å²) in [6.45, 7) is 7.54. The van der Waals surface area contributed by atoms with Crippen LogP contribution in [0.25, 0.3) is 0 Å². The lowest BCUT2D eigenvalue weighted by atomic mass is 10.1. The lowest BCUT2D eigenvalue weighted by molar-refractivity contribution is -0.139. The van der Waals surface area contributed by atoms with E-state index in [1.165, 1.54) is 6.26 Å². The summed E-state index contributed by atoms with van der Waals surface area (Å²) >= 11 is 0. The highest BCUT2D eigenvalue weighted by Gasteiger charge is 2.26. The lowest BCUT2D eigenvalue weighted by Gasteiger charge is -2.39. The van der Waals surface area contributed by atoms with Crippen molar-refractivity contribution >= 4 is 11.8 Å². The SMILES string of the molecule is CCN1CCN(C(CNC(=O)C(=O)NCc2ccco2)c2cccnc2)CC1. The molecule has 0 aromatic carbocycles. The molecule has 3 rings (SSSR count). The summed E-state index contributed by atoms with van der Waals surface area (Å²) in [5, 5.41) is 5.33. The predicted octanol–water partition coefficient (Wildman–Crippen LogP) is 0.786. The van der Waals surface area contributed by atoms with Crippen LogP contribution in [-0.2, 0) is 16.1 Å². The molecule has 8 nitrogen and oxygen atoms in total. The van der Waals surface area contributed by atoms with Gasteiger partial charge in [0.1, 0.15) is 5.76 Å². The van der Waals surface area contributed by atoms with Gasteiger partial charge in [0.2, 0.25) is 0 Å². The zero-order valence-corrected chi connectivity index (χ0v) is 16.1. The van der Waals surface area contributed by atoms with Crippen molar-refractivity contribution in [3.8, 4) is 0 Å². The Morgan fingerprint density at radius 2 is 1.93 bits per heavy atom. The number of nitrogens with zero attached hydrogens (tertiary/aromatic N) is 3. The third-order valence-electron chi connectivity index (χ3n) is 5.03. The Kier molecular flexibility index (Phi) is 7.16. The van der Waals surface area contributed by atoms with Crippen LogP contribution in [0.2, 0.25) is 0 Å². The van der Waals surface area contributed by atoms with Gasteiger partial charge in [-0.1, -0.05) is 13.0 Å². The number of nitrogens with one attached hydrogen (secondary N) is 2. The summed E-state index contributed by atoms with van der Waals surface area (Å²) in [6.07, 6.45) is 5.08. The van der Waals surface area contributed by atoms with E-state index in [4.69, 9.17) is 4.42 Å². The highest BCUT2D eigenvalue weighted by Crippen LogP contribution is 2.21. The van der Waals surface area contributed by atoms with Crippen LogP contribution in [0.4, 0.5) is 0 Å². The molecule has 1 fully saturated rings. The number of aromatic nitrogens is 1. The molecule has 0 radical (unpaired) electrons. The lowest BCUT2D eigenvalue weighted by Crippen LogP contribution is -2.50. The topological polar surface area (TPSA) is 90.7 Å². The largest absolute Gasteiger partial charge is 0.467 e. The van der Waals surface area contributed by atoms with E-state index < -0.39 is 11.8 Å². The Morgan fingerprint density at radius 3 is 2.57 bits per heavy atom. The molecule has 3 heterocycles. The molecule has 1 aliphatic heterocycles. The van der Waals surface area contributed by atoms with Crippen LogP contribution in [0.5, 0.6) is 0 Å². The predicted molar refractivity (Wildman–Crippen MR) is 104 cm³/mol. The molecule has 0 bridgehead atoms. The van der Waals surface area contributed by atoms with E-state index in [1.807, 2.05) is 18.3 Å². The highest BCUT2D eigenvalue weighted by atomic mass is 16.3. The number of rotatable bonds is 7. The van der Waals surface area contributed by atoms with Crippen molar-refractivity contribution < 1.29 is 14.0 Å². The molecule has 2 aromatic heterocycles. The van der Waals surface area contributed by atoms with E-state index in [0.717, 1.165) is 38.3 Å². The molecule has 1 unspecified atom stereocenters. The van der Waals surface area contributed by atoms with Crippen molar-refractivity contribution in [1.29, 1.82) is 0 Å². The van der Waals surface area contributed by atoms with Crippen LogP contribution in [-0.4, -0.2) is 65.9 Å². The molecule has 0 saturated carbocycles. The molecule has 8 heteroatoms. The molecule has 2 N–H and O–H groups in total. The van der Waals surface area contributed by atoms with Gasteiger partial charge in [-0.05, 0) is 30.3 Å². The molecule has 0 spiro atoms. The highest BCUT2D eigenvalue weighted by molar-refractivity contribution is 6.35. The van der Waals surface area contributed by atoms with Gasteiger partial charge in [0.15, 0.2) is 0 Å². The van der Waals surface area contributed by atoms with Gasteiger partial charge in [-0.15, -0.1) is 0 Å². The van der Waals surface area contributed by atoms with E-state index in [2.05, 4.69) is 32.3 Å². The van der Waals surface area contributed by atoms with Crippen LogP contribution in [0.3, 0.4) is 0 Å². The summed E-state index contributed by atoms with van der Waals surface area (Å²) in [6, 6.07) is 7.36. The molecular weight excluding hydrogens is 358 g/mol. The van der Waals surface area contributed by atoms with Crippen LogP contribution in [0.15, 0.2) is 47.3 Å². The Morgan fingerprint density at radius 1 is 1.14 bits per heavy atom. The zero-order valence-electron chi connectivity index (χ0n) is 16.1. The molecule has 1 atom stereocenters. The summed E-state index contributed by atoms with van der Waals surface area (Å²) in [5.74, 6) is -0.715. The minimum Gasteiger partial charge on any atom is -0.467 e. The molecule has 1 saturated heterocycles. The van der Waals surface area contributed by atoms with Crippen LogP contribution >= 0.6 is 0 Å². The third kappa shape index (κ3) is 5.40. The quantitative estimate of drug-likeness (QED) is 0.685. The minimum atomic E-state index is -0.669. The average molecular weight is 385 g/mol. The van der Waals surface area contributed by atoms with Crippen molar-refractivity contribution in [2.24, 2.45) is 0 Å². The van der Waals surface area contributed by atoms with Crippen molar-refractivity contribution in [2.75, 3.05) is 39.3 Å². The molecule has 28 heavy (non-hydrogen) atoms. The van der Waals surface area contributed by atoms with Gasteiger partial charge in [0.25, 0.3) is 0 Å². The van der Waals surface area contributed by atoms with Crippen LogP contribution in [0, 0.1) is 0 Å². The average Bonchev–Trinajstić information content (AvgIpc) is 3.27. The van der Waals surface area contributed by atoms with Gasteiger partial charge in [-0.25, -0.2) is 0 Å². The fraction of sp³-hybridized carbons (Fsp3) is 0.450. The number of likely N-dealkylation sites (N-methyl/N-ethyl adjacent to an activating group) is 1. The maximum absolute atomic E-state index is 12.2. The number of amides is 2. The van der Waals surface area contributed by atoms with Crippen molar-refractivity contribution in [3.05, 3.63) is 54.2 Å². The number of pyridine rings is 1. The van der Waals surface area contributed by atoms with E-state index >= 15 is 0 Å². The van der Waals surface area contributed by atoms with Gasteiger partial charge in [0, 0.05) is 45.1 Å². The fourth-order valence-corrected chi connectivity index (χ4v) is 3.35. The first-order chi connectivity index (χ1) is 13.7. The first-order valence-electron chi connectivity index (χ1n) is 9.62. The van der Waals surface area contributed by atoms with E-state index in [9.17, 15) is 9.59 Å². The van der Waals surface area contributed by atoms with E-state index in [-0.39, 0.29) is 12.6 Å². The molecule has 2 aromatic rings. The number of furan rings is 1. The first kappa shape index (κ1) is 20.0. The van der Waals surface area contributed by atoms with Crippen molar-refractivity contribution in [1.82, 2.24) is 25.4 Å². The number of carbonyl (C=O) groups is 2. The summed E-state index contributed by atoms with van der Waals surface area (Å²) in [4.78, 5) is 33.2. The number of hydrogen-bond acceptors (Lipinski definition) is 6. The second-order valence-electron chi connectivity index (χ2n) is 6.74. The first-order valence-corrected chi connectivity index (χ1v) is 9.62. The standard InChI is InChI=1S/C20H27N5O3/c1-2-24-8-10-25(11-9-24)18(16-5-3-7-21-13-16)15-23-20(27)19(26)22-14-17-6-4-12-28-17/h3-7,12-13,18H,2,8-11,14-15H2,1H3,(H,22,26)(H,23,27). The Balaban J connectivity index is 1.56. The van der Waals surface area contributed by atoms with Crippen molar-refractivity contribution in [3.63, 3.8) is 0 Å². The molecule has 1 aliphatic rings.